The van der Waals surface area contributed by atoms with E-state index in [4.69, 9.17) is 0 Å². The van der Waals surface area contributed by atoms with Crippen LogP contribution < -0.4 is 15.5 Å². The molecule has 0 bridgehead atoms. The van der Waals surface area contributed by atoms with Gasteiger partial charge in [-0.05, 0) is 11.6 Å². The predicted molar refractivity (Wildman–Crippen MR) is 110 cm³/mol. The van der Waals surface area contributed by atoms with Gasteiger partial charge in [-0.25, -0.2) is 9.97 Å². The summed E-state index contributed by atoms with van der Waals surface area (Å²) in [5, 5.41) is 6.23. The summed E-state index contributed by atoms with van der Waals surface area (Å²) in [5.74, 6) is 1.61. The molecule has 0 aliphatic carbocycles. The van der Waals surface area contributed by atoms with Crippen LogP contribution in [0, 0.1) is 0 Å². The summed E-state index contributed by atoms with van der Waals surface area (Å²) >= 11 is 0. The van der Waals surface area contributed by atoms with Gasteiger partial charge in [-0.2, -0.15) is 0 Å². The minimum absolute atomic E-state index is 0.0258. The molecule has 1 aromatic heterocycles. The van der Waals surface area contributed by atoms with Crippen molar-refractivity contribution >= 4 is 17.8 Å². The van der Waals surface area contributed by atoms with Gasteiger partial charge in [-0.1, -0.05) is 30.3 Å². The zero-order chi connectivity index (χ0) is 19.6. The number of carbonyl (C=O) groups excluding carboxylic acids is 1. The number of aliphatic imine (C=N–C) groups is 1. The van der Waals surface area contributed by atoms with Gasteiger partial charge >= 0.3 is 0 Å². The molecule has 0 unspecified atom stereocenters. The van der Waals surface area contributed by atoms with Crippen LogP contribution in [0.1, 0.15) is 12.0 Å². The molecule has 1 aliphatic rings. The van der Waals surface area contributed by atoms with E-state index < -0.39 is 0 Å². The van der Waals surface area contributed by atoms with Crippen LogP contribution >= 0.6 is 0 Å². The highest BCUT2D eigenvalue weighted by Crippen LogP contribution is 2.09. The molecule has 0 radical (unpaired) electrons. The van der Waals surface area contributed by atoms with E-state index >= 15 is 0 Å². The lowest BCUT2D eigenvalue weighted by atomic mass is 10.2. The van der Waals surface area contributed by atoms with Crippen LogP contribution in [-0.4, -0.2) is 66.5 Å². The maximum atomic E-state index is 12.0. The summed E-state index contributed by atoms with van der Waals surface area (Å²) in [4.78, 5) is 29.4. The van der Waals surface area contributed by atoms with E-state index in [9.17, 15) is 4.79 Å². The first kappa shape index (κ1) is 19.6. The van der Waals surface area contributed by atoms with Crippen molar-refractivity contribution in [1.29, 1.82) is 0 Å². The van der Waals surface area contributed by atoms with Crippen LogP contribution in [0.4, 0.5) is 5.95 Å². The summed E-state index contributed by atoms with van der Waals surface area (Å²) in [6, 6.07) is 11.7. The molecule has 2 heterocycles. The lowest BCUT2D eigenvalue weighted by Crippen LogP contribution is -2.53. The third-order valence-corrected chi connectivity index (χ3v) is 4.59. The average molecular weight is 381 g/mol. The Bertz CT molecular complexity index is 759. The number of anilines is 1. The average Bonchev–Trinajstić information content (AvgIpc) is 2.77. The molecule has 0 atom stereocenters. The molecule has 1 aromatic carbocycles. The van der Waals surface area contributed by atoms with E-state index in [2.05, 4.69) is 35.4 Å². The number of amides is 1. The number of nitrogens with zero attached hydrogens (tertiary/aromatic N) is 5. The molecule has 8 heteroatoms. The van der Waals surface area contributed by atoms with Crippen LogP contribution in [-0.2, 0) is 11.3 Å². The van der Waals surface area contributed by atoms with E-state index in [0.717, 1.165) is 43.7 Å². The van der Waals surface area contributed by atoms with Crippen molar-refractivity contribution in [1.82, 2.24) is 25.5 Å². The van der Waals surface area contributed by atoms with Gasteiger partial charge in [0.2, 0.25) is 11.9 Å². The van der Waals surface area contributed by atoms with Crippen molar-refractivity contribution in [2.75, 3.05) is 44.7 Å². The van der Waals surface area contributed by atoms with Crippen molar-refractivity contribution < 1.29 is 4.79 Å². The van der Waals surface area contributed by atoms with Gasteiger partial charge in [0.25, 0.3) is 0 Å². The highest BCUT2D eigenvalue weighted by atomic mass is 16.1. The summed E-state index contributed by atoms with van der Waals surface area (Å²) < 4.78 is 0. The Balaban J connectivity index is 1.37. The quantitative estimate of drug-likeness (QED) is 0.571. The zero-order valence-electron chi connectivity index (χ0n) is 16.2. The normalized spacial score (nSPS) is 14.7. The molecule has 1 aliphatic heterocycles. The topological polar surface area (TPSA) is 85.8 Å². The second-order valence-electron chi connectivity index (χ2n) is 6.51. The van der Waals surface area contributed by atoms with Crippen molar-refractivity contribution in [2.45, 2.75) is 13.0 Å². The molecule has 3 rings (SSSR count). The maximum Gasteiger partial charge on any atom is 0.225 e. The summed E-state index contributed by atoms with van der Waals surface area (Å²) in [7, 11) is 1.77. The number of piperazine rings is 1. The zero-order valence-corrected chi connectivity index (χ0v) is 16.2. The van der Waals surface area contributed by atoms with E-state index in [1.54, 1.807) is 19.4 Å². The smallest absolute Gasteiger partial charge is 0.225 e. The molecular weight excluding hydrogens is 354 g/mol. The third kappa shape index (κ3) is 5.67. The van der Waals surface area contributed by atoms with Crippen LogP contribution in [0.3, 0.4) is 0 Å². The fourth-order valence-corrected chi connectivity index (χ4v) is 3.08. The molecular formula is C20H27N7O. The van der Waals surface area contributed by atoms with E-state index in [1.807, 2.05) is 36.4 Å². The number of hydrogen-bond donors (Lipinski definition) is 2. The fourth-order valence-electron chi connectivity index (χ4n) is 3.08. The first-order valence-electron chi connectivity index (χ1n) is 9.54. The molecule has 2 aromatic rings. The number of guanidine groups is 1. The van der Waals surface area contributed by atoms with Crippen molar-refractivity contribution in [3.8, 4) is 0 Å². The molecule has 8 nitrogen and oxygen atoms in total. The lowest BCUT2D eigenvalue weighted by Gasteiger charge is -2.36. The van der Waals surface area contributed by atoms with E-state index in [0.29, 0.717) is 19.5 Å². The Morgan fingerprint density at radius 1 is 1.04 bits per heavy atom. The van der Waals surface area contributed by atoms with Crippen LogP contribution in [0.15, 0.2) is 53.8 Å². The van der Waals surface area contributed by atoms with E-state index in [-0.39, 0.29) is 5.91 Å². The van der Waals surface area contributed by atoms with Crippen LogP contribution in [0.2, 0.25) is 0 Å². The molecule has 148 valence electrons. The monoisotopic (exact) mass is 381 g/mol. The van der Waals surface area contributed by atoms with Gasteiger partial charge < -0.3 is 20.4 Å². The SMILES string of the molecule is CN=C(NCCC(=O)NCc1ccccc1)N1CCN(c2ncccn2)CC1. The molecule has 2 N–H and O–H groups in total. The molecule has 1 fully saturated rings. The Labute approximate surface area is 165 Å². The molecule has 0 saturated carbocycles. The molecule has 28 heavy (non-hydrogen) atoms. The van der Waals surface area contributed by atoms with Crippen LogP contribution in [0.5, 0.6) is 0 Å². The minimum atomic E-state index is 0.0258. The minimum Gasteiger partial charge on any atom is -0.356 e. The number of rotatable bonds is 6. The van der Waals surface area contributed by atoms with Gasteiger partial charge in [-0.15, -0.1) is 0 Å². The van der Waals surface area contributed by atoms with Gasteiger partial charge in [0, 0.05) is 65.1 Å². The summed E-state index contributed by atoms with van der Waals surface area (Å²) in [5.41, 5.74) is 1.10. The number of hydrogen-bond acceptors (Lipinski definition) is 5. The first-order valence-corrected chi connectivity index (χ1v) is 9.54. The number of carbonyl (C=O) groups is 1. The van der Waals surface area contributed by atoms with Crippen molar-refractivity contribution in [3.63, 3.8) is 0 Å². The standard InChI is InChI=1S/C20H27N7O/c1-21-19(24-11-8-18(28)25-16-17-6-3-2-4-7-17)26-12-14-27(15-13-26)20-22-9-5-10-23-20/h2-7,9-10H,8,11-16H2,1H3,(H,21,24)(H,25,28). The number of nitrogens with one attached hydrogen (secondary N) is 2. The van der Waals surface area contributed by atoms with Crippen LogP contribution in [0.25, 0.3) is 0 Å². The molecule has 1 saturated heterocycles. The van der Waals surface area contributed by atoms with E-state index in [1.165, 1.54) is 0 Å². The fraction of sp³-hybridized carbons (Fsp3) is 0.400. The Hall–Kier alpha value is -3.16. The van der Waals surface area contributed by atoms with Crippen molar-refractivity contribution in [2.24, 2.45) is 4.99 Å². The second-order valence-corrected chi connectivity index (χ2v) is 6.51. The Morgan fingerprint density at radius 3 is 2.43 bits per heavy atom. The maximum absolute atomic E-state index is 12.0. The van der Waals surface area contributed by atoms with Gasteiger partial charge in [0.15, 0.2) is 5.96 Å². The van der Waals surface area contributed by atoms with Gasteiger partial charge in [0.1, 0.15) is 0 Å². The number of aromatic nitrogens is 2. The third-order valence-electron chi connectivity index (χ3n) is 4.59. The largest absolute Gasteiger partial charge is 0.356 e. The molecule has 1 amide bonds. The lowest BCUT2D eigenvalue weighted by molar-refractivity contribution is -0.121. The van der Waals surface area contributed by atoms with Gasteiger partial charge in [-0.3, -0.25) is 9.79 Å². The highest BCUT2D eigenvalue weighted by molar-refractivity contribution is 5.81. The first-order chi connectivity index (χ1) is 13.8. The summed E-state index contributed by atoms with van der Waals surface area (Å²) in [6.07, 6.45) is 3.93. The van der Waals surface area contributed by atoms with Crippen molar-refractivity contribution in [3.05, 3.63) is 54.4 Å². The Morgan fingerprint density at radius 2 is 1.75 bits per heavy atom. The summed E-state index contributed by atoms with van der Waals surface area (Å²) in [6.45, 7) is 4.44. The van der Waals surface area contributed by atoms with Gasteiger partial charge in [0.05, 0.1) is 0 Å². The number of benzene rings is 1. The molecule has 0 spiro atoms. The Kier molecular flexibility index (Phi) is 7.17. The predicted octanol–water partition coefficient (Wildman–Crippen LogP) is 0.881. The second kappa shape index (κ2) is 10.2. The highest BCUT2D eigenvalue weighted by Gasteiger charge is 2.21.